The Morgan fingerprint density at radius 1 is 1.17 bits per heavy atom. The zero-order valence-electron chi connectivity index (χ0n) is 10.1. The van der Waals surface area contributed by atoms with E-state index in [4.69, 9.17) is 0 Å². The maximum Gasteiger partial charge on any atom is 0.270 e. The maximum atomic E-state index is 12.0. The predicted octanol–water partition coefficient (Wildman–Crippen LogP) is 1.80. The van der Waals surface area contributed by atoms with Gasteiger partial charge in [0.25, 0.3) is 5.91 Å². The van der Waals surface area contributed by atoms with Gasteiger partial charge in [-0.3, -0.25) is 20.4 Å². The molecule has 0 radical (unpaired) electrons. The smallest absolute Gasteiger partial charge is 0.270 e. The molecule has 2 aliphatic rings. The number of hydrogen-bond acceptors (Lipinski definition) is 3. The molecule has 0 aliphatic heterocycles. The van der Waals surface area contributed by atoms with Gasteiger partial charge in [-0.2, -0.15) is 0 Å². The Kier molecular flexibility index (Phi) is 3.07. The van der Waals surface area contributed by atoms with Crippen molar-refractivity contribution in [1.29, 1.82) is 0 Å². The molecule has 0 bridgehead atoms. The van der Waals surface area contributed by atoms with E-state index in [-0.39, 0.29) is 17.7 Å². The number of amides is 2. The fourth-order valence-corrected chi connectivity index (χ4v) is 3.44. The fourth-order valence-electron chi connectivity index (χ4n) is 2.32. The van der Waals surface area contributed by atoms with Crippen LogP contribution < -0.4 is 10.9 Å². The van der Waals surface area contributed by atoms with Crippen molar-refractivity contribution in [3.63, 3.8) is 0 Å². The molecular weight excluding hydrogens is 248 g/mol. The van der Waals surface area contributed by atoms with Crippen LogP contribution in [-0.2, 0) is 17.6 Å². The number of rotatable bonds is 2. The molecule has 0 atom stereocenters. The topological polar surface area (TPSA) is 58.2 Å². The minimum absolute atomic E-state index is 0.0625. The molecule has 3 rings (SSSR count). The molecule has 0 spiro atoms. The van der Waals surface area contributed by atoms with Crippen LogP contribution in [-0.4, -0.2) is 11.8 Å². The zero-order valence-corrected chi connectivity index (χ0v) is 10.9. The van der Waals surface area contributed by atoms with Crippen molar-refractivity contribution in [2.75, 3.05) is 0 Å². The number of hydrogen-bond donors (Lipinski definition) is 2. The number of carbonyl (C=O) groups is 2. The van der Waals surface area contributed by atoms with Gasteiger partial charge in [0.1, 0.15) is 0 Å². The van der Waals surface area contributed by atoms with Gasteiger partial charge in [-0.25, -0.2) is 0 Å². The Morgan fingerprint density at radius 3 is 2.72 bits per heavy atom. The lowest BCUT2D eigenvalue weighted by Crippen LogP contribution is -2.42. The number of nitrogens with one attached hydrogen (secondary N) is 2. The normalized spacial score (nSPS) is 18.0. The highest BCUT2D eigenvalue weighted by atomic mass is 32.1. The van der Waals surface area contributed by atoms with E-state index in [9.17, 15) is 9.59 Å². The number of thiophene rings is 1. The summed E-state index contributed by atoms with van der Waals surface area (Å²) < 4.78 is 0. The molecule has 2 N–H and O–H groups in total. The van der Waals surface area contributed by atoms with Crippen molar-refractivity contribution in [2.24, 2.45) is 5.92 Å². The van der Waals surface area contributed by atoms with Gasteiger partial charge in [-0.1, -0.05) is 0 Å². The van der Waals surface area contributed by atoms with E-state index in [1.807, 2.05) is 5.38 Å². The molecule has 5 heteroatoms. The van der Waals surface area contributed by atoms with Crippen molar-refractivity contribution >= 4 is 23.2 Å². The van der Waals surface area contributed by atoms with Gasteiger partial charge >= 0.3 is 0 Å². The quantitative estimate of drug-likeness (QED) is 0.800. The van der Waals surface area contributed by atoms with Crippen LogP contribution in [0.4, 0.5) is 0 Å². The molecule has 0 saturated heterocycles. The lowest BCUT2D eigenvalue weighted by molar-refractivity contribution is -0.123. The molecule has 1 aromatic heterocycles. The standard InChI is InChI=1S/C13H16N2O2S/c16-12(8-5-6-8)14-15-13(17)10-7-18-11-4-2-1-3-9(10)11/h7-8H,1-6H2,(H,14,16)(H,15,17). The minimum atomic E-state index is -0.177. The van der Waals surface area contributed by atoms with Crippen molar-refractivity contribution in [3.05, 3.63) is 21.4 Å². The van der Waals surface area contributed by atoms with E-state index in [1.165, 1.54) is 16.9 Å². The van der Waals surface area contributed by atoms with Crippen LogP contribution in [0, 0.1) is 5.92 Å². The Bertz CT molecular complexity index is 491. The highest BCUT2D eigenvalue weighted by Crippen LogP contribution is 2.30. The summed E-state index contributed by atoms with van der Waals surface area (Å²) in [6.45, 7) is 0. The van der Waals surface area contributed by atoms with E-state index in [2.05, 4.69) is 10.9 Å². The van der Waals surface area contributed by atoms with Gasteiger partial charge in [0.05, 0.1) is 5.56 Å². The van der Waals surface area contributed by atoms with E-state index < -0.39 is 0 Å². The van der Waals surface area contributed by atoms with Crippen LogP contribution in [0.3, 0.4) is 0 Å². The molecule has 18 heavy (non-hydrogen) atoms. The van der Waals surface area contributed by atoms with Crippen LogP contribution in [0.5, 0.6) is 0 Å². The van der Waals surface area contributed by atoms with Crippen LogP contribution in [0.25, 0.3) is 0 Å². The largest absolute Gasteiger partial charge is 0.273 e. The number of fused-ring (bicyclic) bond motifs is 1. The first-order valence-corrected chi connectivity index (χ1v) is 7.33. The Balaban J connectivity index is 1.64. The minimum Gasteiger partial charge on any atom is -0.273 e. The Labute approximate surface area is 110 Å². The molecular formula is C13H16N2O2S. The molecule has 2 amide bonds. The molecule has 1 fully saturated rings. The van der Waals surface area contributed by atoms with Gasteiger partial charge in [0, 0.05) is 16.2 Å². The second-order valence-corrected chi connectivity index (χ2v) is 5.94. The fraction of sp³-hybridized carbons (Fsp3) is 0.538. The average molecular weight is 264 g/mol. The first kappa shape index (κ1) is 11.7. The summed E-state index contributed by atoms with van der Waals surface area (Å²) in [5.74, 6) is -0.127. The summed E-state index contributed by atoms with van der Waals surface area (Å²) in [6.07, 6.45) is 6.32. The lowest BCUT2D eigenvalue weighted by atomic mass is 9.96. The summed E-state index contributed by atoms with van der Waals surface area (Å²) in [4.78, 5) is 24.8. The van der Waals surface area contributed by atoms with Crippen molar-refractivity contribution in [2.45, 2.75) is 38.5 Å². The molecule has 96 valence electrons. The average Bonchev–Trinajstić information content (AvgIpc) is 3.15. The molecule has 1 aromatic rings. The molecule has 0 unspecified atom stereocenters. The monoisotopic (exact) mass is 264 g/mol. The van der Waals surface area contributed by atoms with Crippen molar-refractivity contribution in [3.8, 4) is 0 Å². The van der Waals surface area contributed by atoms with Crippen LogP contribution in [0.1, 0.15) is 46.5 Å². The number of aryl methyl sites for hydroxylation is 1. The Hall–Kier alpha value is -1.36. The van der Waals surface area contributed by atoms with E-state index in [0.29, 0.717) is 0 Å². The summed E-state index contributed by atoms with van der Waals surface area (Å²) in [7, 11) is 0. The Morgan fingerprint density at radius 2 is 1.94 bits per heavy atom. The third-order valence-corrected chi connectivity index (χ3v) is 4.64. The molecule has 1 heterocycles. The first-order valence-electron chi connectivity index (χ1n) is 6.45. The van der Waals surface area contributed by atoms with E-state index in [1.54, 1.807) is 11.3 Å². The second kappa shape index (κ2) is 4.72. The molecule has 2 aliphatic carbocycles. The maximum absolute atomic E-state index is 12.0. The summed E-state index contributed by atoms with van der Waals surface area (Å²) in [5.41, 5.74) is 6.96. The van der Waals surface area contributed by atoms with Gasteiger partial charge in [0.2, 0.25) is 5.91 Å². The molecule has 0 aromatic carbocycles. The van der Waals surface area contributed by atoms with E-state index in [0.717, 1.165) is 37.7 Å². The summed E-state index contributed by atoms with van der Waals surface area (Å²) in [5, 5.41) is 1.91. The highest BCUT2D eigenvalue weighted by Gasteiger charge is 2.30. The van der Waals surface area contributed by atoms with E-state index >= 15 is 0 Å². The third kappa shape index (κ3) is 2.27. The van der Waals surface area contributed by atoms with Crippen LogP contribution in [0.2, 0.25) is 0 Å². The summed E-state index contributed by atoms with van der Waals surface area (Å²) in [6, 6.07) is 0. The SMILES string of the molecule is O=C(NNC(=O)C1CC1)c1csc2c1CCCC2. The third-order valence-electron chi connectivity index (χ3n) is 3.55. The first-order chi connectivity index (χ1) is 8.75. The van der Waals surface area contributed by atoms with Gasteiger partial charge in [-0.05, 0) is 44.1 Å². The highest BCUT2D eigenvalue weighted by molar-refractivity contribution is 7.10. The predicted molar refractivity (Wildman–Crippen MR) is 69.3 cm³/mol. The number of hydrazine groups is 1. The molecule has 1 saturated carbocycles. The second-order valence-electron chi connectivity index (χ2n) is 4.98. The zero-order chi connectivity index (χ0) is 12.5. The van der Waals surface area contributed by atoms with Crippen LogP contribution >= 0.6 is 11.3 Å². The number of carbonyl (C=O) groups excluding carboxylic acids is 2. The summed E-state index contributed by atoms with van der Waals surface area (Å²) >= 11 is 1.66. The molecule has 4 nitrogen and oxygen atoms in total. The van der Waals surface area contributed by atoms with Crippen molar-refractivity contribution in [1.82, 2.24) is 10.9 Å². The lowest BCUT2D eigenvalue weighted by Gasteiger charge is -2.13. The van der Waals surface area contributed by atoms with Gasteiger partial charge < -0.3 is 0 Å². The van der Waals surface area contributed by atoms with Crippen LogP contribution in [0.15, 0.2) is 5.38 Å². The van der Waals surface area contributed by atoms with Crippen molar-refractivity contribution < 1.29 is 9.59 Å². The van der Waals surface area contributed by atoms with Gasteiger partial charge in [-0.15, -0.1) is 11.3 Å². The van der Waals surface area contributed by atoms with Gasteiger partial charge in [0.15, 0.2) is 0 Å².